The minimum Gasteiger partial charge on any atom is -0.244 e. The Hall–Kier alpha value is -0.870. The van der Waals surface area contributed by atoms with Gasteiger partial charge in [0, 0.05) is 9.85 Å². The summed E-state index contributed by atoms with van der Waals surface area (Å²) in [7, 11) is 0. The van der Waals surface area contributed by atoms with E-state index in [1.165, 1.54) is 0 Å². The van der Waals surface area contributed by atoms with Gasteiger partial charge < -0.3 is 0 Å². The molecule has 1 aromatic carbocycles. The van der Waals surface area contributed by atoms with Gasteiger partial charge in [-0.05, 0) is 36.8 Å². The Balaban J connectivity index is 2.45. The predicted molar refractivity (Wildman–Crippen MR) is 77.9 cm³/mol. The van der Waals surface area contributed by atoms with Crippen molar-refractivity contribution in [2.75, 3.05) is 0 Å². The van der Waals surface area contributed by atoms with Crippen LogP contribution in [-0.2, 0) is 0 Å². The van der Waals surface area contributed by atoms with E-state index >= 15 is 0 Å². The van der Waals surface area contributed by atoms with Gasteiger partial charge in [0.05, 0.1) is 15.9 Å². The fraction of sp³-hybridized carbons (Fsp3) is 0.167. The number of hydrogen-bond donors (Lipinski definition) is 0. The van der Waals surface area contributed by atoms with Gasteiger partial charge in [0.1, 0.15) is 6.04 Å². The second-order valence-corrected chi connectivity index (χ2v) is 5.63. The first-order valence-electron chi connectivity index (χ1n) is 4.95. The molecule has 1 atom stereocenters. The van der Waals surface area contributed by atoms with Crippen molar-refractivity contribution in [3.05, 3.63) is 50.4 Å². The first-order valence-corrected chi connectivity index (χ1v) is 7.03. The van der Waals surface area contributed by atoms with Crippen LogP contribution in [0.3, 0.4) is 0 Å². The summed E-state index contributed by atoms with van der Waals surface area (Å²) in [4.78, 5) is 8.67. The average Bonchev–Trinajstić information content (AvgIpc) is 2.72. The molecule has 0 amide bonds. The van der Waals surface area contributed by atoms with Crippen molar-refractivity contribution in [2.45, 2.75) is 13.0 Å². The molecule has 0 aliphatic rings. The minimum absolute atomic E-state index is 0.157. The van der Waals surface area contributed by atoms with E-state index in [1.807, 2.05) is 36.6 Å². The van der Waals surface area contributed by atoms with Crippen LogP contribution in [0, 0.1) is 6.92 Å². The van der Waals surface area contributed by atoms with E-state index in [1.54, 1.807) is 11.3 Å². The number of benzene rings is 1. The smallest absolute Gasteiger partial charge is 0.128 e. The van der Waals surface area contributed by atoms with Crippen molar-refractivity contribution in [1.82, 2.24) is 4.98 Å². The third-order valence-corrected chi connectivity index (χ3v) is 3.65. The Bertz CT molecular complexity index is 573. The number of thiocarbonyl (C=S) groups is 1. The van der Waals surface area contributed by atoms with Crippen molar-refractivity contribution < 1.29 is 0 Å². The molecule has 0 saturated carbocycles. The topological polar surface area (TPSA) is 25.2 Å². The highest BCUT2D eigenvalue weighted by Gasteiger charge is 2.15. The number of halogens is 1. The summed E-state index contributed by atoms with van der Waals surface area (Å²) in [6.07, 6.45) is 0. The van der Waals surface area contributed by atoms with Crippen molar-refractivity contribution in [2.24, 2.45) is 4.99 Å². The number of aromatic nitrogens is 1. The highest BCUT2D eigenvalue weighted by atomic mass is 79.9. The number of nitrogens with zero attached hydrogens (tertiary/aromatic N) is 2. The lowest BCUT2D eigenvalue weighted by Crippen LogP contribution is -1.98. The minimum atomic E-state index is -0.157. The second-order valence-electron chi connectivity index (χ2n) is 3.47. The summed E-state index contributed by atoms with van der Waals surface area (Å²) in [5.74, 6) is 0. The van der Waals surface area contributed by atoms with Crippen molar-refractivity contribution in [3.63, 3.8) is 0 Å². The molecule has 0 bridgehead atoms. The maximum absolute atomic E-state index is 4.72. The van der Waals surface area contributed by atoms with Gasteiger partial charge in [0.15, 0.2) is 0 Å². The Morgan fingerprint density at radius 3 is 2.94 bits per heavy atom. The van der Waals surface area contributed by atoms with Crippen molar-refractivity contribution in [3.8, 4) is 0 Å². The van der Waals surface area contributed by atoms with Gasteiger partial charge in [-0.2, -0.15) is 0 Å². The molecular formula is C12H9BrN2S2. The van der Waals surface area contributed by atoms with Crippen LogP contribution < -0.4 is 0 Å². The number of aryl methyl sites for hydroxylation is 1. The van der Waals surface area contributed by atoms with Gasteiger partial charge in [-0.15, -0.1) is 11.3 Å². The van der Waals surface area contributed by atoms with Crippen LogP contribution in [0.25, 0.3) is 0 Å². The van der Waals surface area contributed by atoms with Crippen LogP contribution in [0.2, 0.25) is 0 Å². The van der Waals surface area contributed by atoms with Crippen LogP contribution >= 0.6 is 39.5 Å². The van der Waals surface area contributed by atoms with Gasteiger partial charge in [-0.1, -0.05) is 28.1 Å². The van der Waals surface area contributed by atoms with E-state index in [4.69, 9.17) is 12.2 Å². The lowest BCUT2D eigenvalue weighted by atomic mass is 10.1. The first-order chi connectivity index (χ1) is 8.20. The maximum atomic E-state index is 4.72. The van der Waals surface area contributed by atoms with E-state index in [0.29, 0.717) is 0 Å². The molecule has 0 aliphatic heterocycles. The fourth-order valence-corrected chi connectivity index (χ4v) is 2.70. The zero-order chi connectivity index (χ0) is 12.3. The molecule has 1 aromatic heterocycles. The SMILES string of the molecule is Cc1nc(C(N=C=S)c2cccc(Br)c2)cs1. The summed E-state index contributed by atoms with van der Waals surface area (Å²) >= 11 is 9.78. The van der Waals surface area contributed by atoms with Gasteiger partial charge in [-0.3, -0.25) is 0 Å². The molecule has 1 heterocycles. The van der Waals surface area contributed by atoms with Crippen LogP contribution in [-0.4, -0.2) is 10.1 Å². The molecule has 0 saturated heterocycles. The summed E-state index contributed by atoms with van der Waals surface area (Å²) in [5.41, 5.74) is 1.98. The number of isothiocyanates is 1. The number of aliphatic imine (C=N–C) groups is 1. The highest BCUT2D eigenvalue weighted by molar-refractivity contribution is 9.10. The maximum Gasteiger partial charge on any atom is 0.128 e. The van der Waals surface area contributed by atoms with E-state index in [-0.39, 0.29) is 6.04 Å². The monoisotopic (exact) mass is 324 g/mol. The molecule has 0 N–H and O–H groups in total. The fourth-order valence-electron chi connectivity index (χ4n) is 1.55. The zero-order valence-electron chi connectivity index (χ0n) is 9.05. The molecule has 2 rings (SSSR count). The summed E-state index contributed by atoms with van der Waals surface area (Å²) in [6, 6.07) is 7.84. The van der Waals surface area contributed by atoms with E-state index in [9.17, 15) is 0 Å². The molecule has 2 nitrogen and oxygen atoms in total. The lowest BCUT2D eigenvalue weighted by Gasteiger charge is -2.08. The Labute approximate surface area is 118 Å². The molecule has 2 aromatic rings. The van der Waals surface area contributed by atoms with Crippen LogP contribution in [0.1, 0.15) is 22.3 Å². The Morgan fingerprint density at radius 1 is 1.53 bits per heavy atom. The normalized spacial score (nSPS) is 11.9. The highest BCUT2D eigenvalue weighted by Crippen LogP contribution is 2.28. The summed E-state index contributed by atoms with van der Waals surface area (Å²) in [6.45, 7) is 1.98. The van der Waals surface area contributed by atoms with Crippen molar-refractivity contribution >= 4 is 44.6 Å². The zero-order valence-corrected chi connectivity index (χ0v) is 12.3. The molecule has 0 radical (unpaired) electrons. The lowest BCUT2D eigenvalue weighted by molar-refractivity contribution is 0.842. The average molecular weight is 325 g/mol. The van der Waals surface area contributed by atoms with Gasteiger partial charge in [0.25, 0.3) is 0 Å². The predicted octanol–water partition coefficient (Wildman–Crippen LogP) is 4.41. The molecule has 17 heavy (non-hydrogen) atoms. The molecule has 0 fully saturated rings. The van der Waals surface area contributed by atoms with Crippen LogP contribution in [0.15, 0.2) is 39.1 Å². The van der Waals surface area contributed by atoms with Gasteiger partial charge >= 0.3 is 0 Å². The largest absolute Gasteiger partial charge is 0.244 e. The first kappa shape index (κ1) is 12.6. The van der Waals surface area contributed by atoms with Crippen LogP contribution in [0.4, 0.5) is 0 Å². The molecule has 0 spiro atoms. The quantitative estimate of drug-likeness (QED) is 0.617. The number of rotatable bonds is 3. The molecule has 0 aliphatic carbocycles. The molecule has 5 heteroatoms. The van der Waals surface area contributed by atoms with E-state index in [0.717, 1.165) is 20.7 Å². The van der Waals surface area contributed by atoms with Crippen molar-refractivity contribution in [1.29, 1.82) is 0 Å². The number of hydrogen-bond acceptors (Lipinski definition) is 4. The third kappa shape index (κ3) is 3.07. The number of thiazole rings is 1. The van der Waals surface area contributed by atoms with E-state index < -0.39 is 0 Å². The summed E-state index contributed by atoms with van der Waals surface area (Å²) in [5, 5.41) is 5.49. The van der Waals surface area contributed by atoms with Gasteiger partial charge in [0.2, 0.25) is 0 Å². The van der Waals surface area contributed by atoms with E-state index in [2.05, 4.69) is 31.1 Å². The Kier molecular flexibility index (Phi) is 4.18. The summed E-state index contributed by atoms with van der Waals surface area (Å²) < 4.78 is 1.02. The third-order valence-electron chi connectivity index (χ3n) is 2.26. The second kappa shape index (κ2) is 5.65. The Morgan fingerprint density at radius 2 is 2.35 bits per heavy atom. The molecule has 86 valence electrons. The molecular weight excluding hydrogens is 316 g/mol. The van der Waals surface area contributed by atoms with Crippen LogP contribution in [0.5, 0.6) is 0 Å². The molecule has 1 unspecified atom stereocenters. The standard InChI is InChI=1S/C12H9BrN2S2/c1-8-15-11(6-17-8)12(14-7-16)9-3-2-4-10(13)5-9/h2-6,12H,1H3. The van der Waals surface area contributed by atoms with Gasteiger partial charge in [-0.25, -0.2) is 9.98 Å².